The molecular formula is C18H26FN3O4. The van der Waals surface area contributed by atoms with E-state index in [0.717, 1.165) is 0 Å². The van der Waals surface area contributed by atoms with Crippen molar-refractivity contribution in [2.24, 2.45) is 5.92 Å². The Morgan fingerprint density at radius 1 is 1.19 bits per heavy atom. The van der Waals surface area contributed by atoms with E-state index in [1.54, 1.807) is 13.1 Å². The highest BCUT2D eigenvalue weighted by Gasteiger charge is 2.23. The Morgan fingerprint density at radius 2 is 1.85 bits per heavy atom. The quantitative estimate of drug-likeness (QED) is 0.644. The highest BCUT2D eigenvalue weighted by atomic mass is 19.1. The molecule has 2 N–H and O–H groups in total. The number of likely N-dealkylation sites (N-methyl/N-ethyl adjacent to an activating group) is 1. The van der Waals surface area contributed by atoms with Crippen molar-refractivity contribution in [2.75, 3.05) is 32.6 Å². The predicted molar refractivity (Wildman–Crippen MR) is 95.9 cm³/mol. The third-order valence-corrected chi connectivity index (χ3v) is 3.46. The molecule has 0 spiro atoms. The molecule has 2 amide bonds. The number of methoxy groups -OCH3 is 1. The third-order valence-electron chi connectivity index (χ3n) is 3.46. The summed E-state index contributed by atoms with van der Waals surface area (Å²) >= 11 is 0. The molecule has 144 valence electrons. The predicted octanol–water partition coefficient (Wildman–Crippen LogP) is 1.40. The number of benzene rings is 1. The third kappa shape index (κ3) is 8.06. The van der Waals surface area contributed by atoms with Crippen LogP contribution >= 0.6 is 0 Å². The molecule has 1 aromatic rings. The summed E-state index contributed by atoms with van der Waals surface area (Å²) in [5.74, 6) is -1.51. The number of carbonyl (C=O) groups excluding carboxylic acids is 3. The molecule has 7 nitrogen and oxygen atoms in total. The minimum atomic E-state index is -0.720. The fourth-order valence-corrected chi connectivity index (χ4v) is 2.38. The minimum absolute atomic E-state index is 0.0585. The number of carbonyl (C=O) groups is 3. The molecule has 0 aliphatic rings. The Bertz CT molecular complexity index is 637. The first-order chi connectivity index (χ1) is 12.2. The van der Waals surface area contributed by atoms with Gasteiger partial charge < -0.3 is 15.4 Å². The van der Waals surface area contributed by atoms with Gasteiger partial charge in [0.25, 0.3) is 0 Å². The standard InChI is InChI=1S/C18H26FN3O4/c1-12(2)8-15(18(25)26-4)21-17(24)11-22(3)10-16(23)20-14-7-5-6-13(19)9-14/h5-7,9,12,15H,8,10-11H2,1-4H3,(H,20,23)(H,21,24)/t15-/m0/s1. The molecule has 0 saturated heterocycles. The number of nitrogens with zero attached hydrogens (tertiary/aromatic N) is 1. The molecule has 1 aromatic carbocycles. The summed E-state index contributed by atoms with van der Waals surface area (Å²) in [5.41, 5.74) is 0.343. The van der Waals surface area contributed by atoms with Gasteiger partial charge in [-0.25, -0.2) is 9.18 Å². The minimum Gasteiger partial charge on any atom is -0.467 e. The van der Waals surface area contributed by atoms with Crippen LogP contribution in [0.5, 0.6) is 0 Å². The zero-order chi connectivity index (χ0) is 19.7. The molecule has 0 saturated carbocycles. The van der Waals surface area contributed by atoms with Crippen molar-refractivity contribution >= 4 is 23.5 Å². The number of rotatable bonds is 9. The average Bonchev–Trinajstić information content (AvgIpc) is 2.52. The lowest BCUT2D eigenvalue weighted by atomic mass is 10.0. The lowest BCUT2D eigenvalue weighted by molar-refractivity contribution is -0.145. The van der Waals surface area contributed by atoms with Gasteiger partial charge in [0.05, 0.1) is 20.2 Å². The molecule has 0 bridgehead atoms. The van der Waals surface area contributed by atoms with Gasteiger partial charge in [0.2, 0.25) is 11.8 Å². The summed E-state index contributed by atoms with van der Waals surface area (Å²) < 4.78 is 17.8. The van der Waals surface area contributed by atoms with Crippen LogP contribution in [-0.4, -0.2) is 56.0 Å². The van der Waals surface area contributed by atoms with Gasteiger partial charge in [0.1, 0.15) is 11.9 Å². The van der Waals surface area contributed by atoms with Crippen LogP contribution in [-0.2, 0) is 19.1 Å². The molecule has 0 heterocycles. The number of hydrogen-bond donors (Lipinski definition) is 2. The van der Waals surface area contributed by atoms with Gasteiger partial charge in [-0.05, 0) is 37.6 Å². The van der Waals surface area contributed by atoms with Crippen LogP contribution < -0.4 is 10.6 Å². The lowest BCUT2D eigenvalue weighted by Gasteiger charge is -2.21. The van der Waals surface area contributed by atoms with Gasteiger partial charge in [0, 0.05) is 5.69 Å². The van der Waals surface area contributed by atoms with Crippen LogP contribution in [0.15, 0.2) is 24.3 Å². The van der Waals surface area contributed by atoms with E-state index in [4.69, 9.17) is 4.74 Å². The Balaban J connectivity index is 2.49. The molecule has 0 aliphatic heterocycles. The van der Waals surface area contributed by atoms with Crippen molar-refractivity contribution in [3.05, 3.63) is 30.1 Å². The molecule has 8 heteroatoms. The molecule has 1 atom stereocenters. The Morgan fingerprint density at radius 3 is 2.42 bits per heavy atom. The molecule has 0 unspecified atom stereocenters. The smallest absolute Gasteiger partial charge is 0.328 e. The van der Waals surface area contributed by atoms with Crippen LogP contribution in [0.3, 0.4) is 0 Å². The summed E-state index contributed by atoms with van der Waals surface area (Å²) in [6.45, 7) is 3.75. The van der Waals surface area contributed by atoms with Crippen molar-refractivity contribution in [1.82, 2.24) is 10.2 Å². The van der Waals surface area contributed by atoms with Gasteiger partial charge in [-0.2, -0.15) is 0 Å². The van der Waals surface area contributed by atoms with Gasteiger partial charge in [-0.15, -0.1) is 0 Å². The van der Waals surface area contributed by atoms with Crippen LogP contribution in [0.1, 0.15) is 20.3 Å². The first-order valence-electron chi connectivity index (χ1n) is 8.32. The van der Waals surface area contributed by atoms with Crippen molar-refractivity contribution in [3.8, 4) is 0 Å². The van der Waals surface area contributed by atoms with Gasteiger partial charge in [0.15, 0.2) is 0 Å². The van der Waals surface area contributed by atoms with E-state index in [2.05, 4.69) is 10.6 Å². The van der Waals surface area contributed by atoms with Gasteiger partial charge >= 0.3 is 5.97 Å². The average molecular weight is 367 g/mol. The number of ether oxygens (including phenoxy) is 1. The maximum atomic E-state index is 13.1. The fourth-order valence-electron chi connectivity index (χ4n) is 2.38. The van der Waals surface area contributed by atoms with Gasteiger partial charge in [-0.3, -0.25) is 14.5 Å². The summed E-state index contributed by atoms with van der Waals surface area (Å²) in [7, 11) is 2.87. The molecule has 0 aliphatic carbocycles. The van der Waals surface area contributed by atoms with Gasteiger partial charge in [-0.1, -0.05) is 19.9 Å². The maximum absolute atomic E-state index is 13.1. The van der Waals surface area contributed by atoms with Crippen molar-refractivity contribution < 1.29 is 23.5 Å². The second kappa shape index (κ2) is 10.5. The second-order valence-corrected chi connectivity index (χ2v) is 6.50. The summed E-state index contributed by atoms with van der Waals surface area (Å²) in [6, 6.07) is 4.82. The number of halogens is 1. The number of hydrogen-bond acceptors (Lipinski definition) is 5. The molecule has 0 fully saturated rings. The summed E-state index contributed by atoms with van der Waals surface area (Å²) in [6.07, 6.45) is 0.461. The summed E-state index contributed by atoms with van der Waals surface area (Å²) in [5, 5.41) is 5.18. The first-order valence-corrected chi connectivity index (χ1v) is 8.32. The summed E-state index contributed by atoms with van der Waals surface area (Å²) in [4.78, 5) is 37.3. The van der Waals surface area contributed by atoms with E-state index < -0.39 is 17.8 Å². The number of esters is 1. The fraction of sp³-hybridized carbons (Fsp3) is 0.500. The number of anilines is 1. The first kappa shape index (κ1) is 21.6. The molecule has 1 rings (SSSR count). The monoisotopic (exact) mass is 367 g/mol. The van der Waals surface area contributed by atoms with Crippen molar-refractivity contribution in [2.45, 2.75) is 26.3 Å². The molecule has 0 radical (unpaired) electrons. The highest BCUT2D eigenvalue weighted by molar-refractivity contribution is 5.92. The van der Waals surface area contributed by atoms with E-state index in [-0.39, 0.29) is 30.8 Å². The zero-order valence-electron chi connectivity index (χ0n) is 15.5. The Labute approximate surface area is 152 Å². The van der Waals surface area contributed by atoms with E-state index in [1.807, 2.05) is 13.8 Å². The zero-order valence-corrected chi connectivity index (χ0v) is 15.5. The number of amides is 2. The highest BCUT2D eigenvalue weighted by Crippen LogP contribution is 2.09. The van der Waals surface area contributed by atoms with Crippen LogP contribution in [0.2, 0.25) is 0 Å². The normalized spacial score (nSPS) is 12.0. The topological polar surface area (TPSA) is 87.7 Å². The Kier molecular flexibility index (Phi) is 8.71. The number of nitrogens with one attached hydrogen (secondary N) is 2. The SMILES string of the molecule is COC(=O)[C@H](CC(C)C)NC(=O)CN(C)CC(=O)Nc1cccc(F)c1. The van der Waals surface area contributed by atoms with Crippen LogP contribution in [0.4, 0.5) is 10.1 Å². The van der Waals surface area contributed by atoms with E-state index in [9.17, 15) is 18.8 Å². The second-order valence-electron chi connectivity index (χ2n) is 6.50. The van der Waals surface area contributed by atoms with Crippen LogP contribution in [0.25, 0.3) is 0 Å². The molecule has 0 aromatic heterocycles. The lowest BCUT2D eigenvalue weighted by Crippen LogP contribution is -2.46. The van der Waals surface area contributed by atoms with E-state index in [1.165, 1.54) is 30.2 Å². The Hall–Kier alpha value is -2.48. The molecular weight excluding hydrogens is 341 g/mol. The van der Waals surface area contributed by atoms with E-state index >= 15 is 0 Å². The van der Waals surface area contributed by atoms with E-state index in [0.29, 0.717) is 12.1 Å². The maximum Gasteiger partial charge on any atom is 0.328 e. The van der Waals surface area contributed by atoms with Crippen molar-refractivity contribution in [1.29, 1.82) is 0 Å². The molecule has 26 heavy (non-hydrogen) atoms. The largest absolute Gasteiger partial charge is 0.467 e. The van der Waals surface area contributed by atoms with Crippen LogP contribution in [0, 0.1) is 11.7 Å². The van der Waals surface area contributed by atoms with Crippen molar-refractivity contribution in [3.63, 3.8) is 0 Å².